The molecule has 0 aromatic heterocycles. The first-order chi connectivity index (χ1) is 64.2. The molecular weight excluding hydrogens is 1810 g/mol. The summed E-state index contributed by atoms with van der Waals surface area (Å²) in [7, 11) is 3.47. The van der Waals surface area contributed by atoms with Crippen molar-refractivity contribution in [2.45, 2.75) is 98.8 Å². The second-order valence-corrected chi connectivity index (χ2v) is 32.1. The summed E-state index contributed by atoms with van der Waals surface area (Å²) in [5.74, 6) is -7.51. The second kappa shape index (κ2) is 59.5. The molecule has 0 bridgehead atoms. The van der Waals surface area contributed by atoms with Crippen LogP contribution in [0, 0.1) is 106 Å². The zero-order valence-electron chi connectivity index (χ0n) is 78.7. The van der Waals surface area contributed by atoms with Crippen LogP contribution >= 0.6 is 0 Å². The minimum Gasteiger partial charge on any atom is -1.00 e. The maximum atomic E-state index is 14.7. The van der Waals surface area contributed by atoms with E-state index in [1.807, 2.05) is 97.9 Å². The van der Waals surface area contributed by atoms with E-state index in [0.29, 0.717) is 106 Å². The number of carboxylic acid groups (broad SMARTS) is 1. The third-order valence-electron chi connectivity index (χ3n) is 22.6. The molecule has 9 aromatic carbocycles. The van der Waals surface area contributed by atoms with E-state index < -0.39 is 58.8 Å². The van der Waals surface area contributed by atoms with E-state index in [0.717, 1.165) is 82.6 Å². The van der Waals surface area contributed by atoms with Crippen LogP contribution < -0.4 is 75.5 Å². The summed E-state index contributed by atoms with van der Waals surface area (Å²) < 4.78 is 130. The number of aliphatic hydroxyl groups is 2. The molecule has 137 heavy (non-hydrogen) atoms. The number of hydrogen-bond donors (Lipinski definition) is 6. The van der Waals surface area contributed by atoms with E-state index in [4.69, 9.17) is 49.5 Å². The molecule has 721 valence electrons. The molecular formula is C102H113BF6N3Na2O23. The van der Waals surface area contributed by atoms with Gasteiger partial charge in [0.15, 0.2) is 0 Å². The van der Waals surface area contributed by atoms with E-state index in [1.54, 1.807) is 32.0 Å². The van der Waals surface area contributed by atoms with Crippen molar-refractivity contribution >= 4 is 68.3 Å². The summed E-state index contributed by atoms with van der Waals surface area (Å²) in [5.41, 5.74) is 10.7. The number of carbonyl (C=O) groups is 10. The number of methoxy groups -OCH3 is 3. The number of nitrogens with one attached hydrogen (secondary N) is 2. The summed E-state index contributed by atoms with van der Waals surface area (Å²) >= 11 is 0. The van der Waals surface area contributed by atoms with Crippen molar-refractivity contribution in [1.29, 1.82) is 0 Å². The monoisotopic (exact) mass is 1920 g/mol. The van der Waals surface area contributed by atoms with Crippen LogP contribution in [0.25, 0.3) is 33.4 Å². The number of nitrogens with two attached hydrogens (primary N) is 1. The number of ether oxygens (including phenoxy) is 9. The van der Waals surface area contributed by atoms with Gasteiger partial charge in [-0.1, -0.05) is 164 Å². The fraction of sp³-hybridized carbons (Fsp3) is 0.373. The minimum atomic E-state index is -0.845. The van der Waals surface area contributed by atoms with Crippen molar-refractivity contribution in [3.63, 3.8) is 0 Å². The van der Waals surface area contributed by atoms with Gasteiger partial charge in [0.2, 0.25) is 11.8 Å². The van der Waals surface area contributed by atoms with E-state index in [9.17, 15) is 74.3 Å². The predicted molar refractivity (Wildman–Crippen MR) is 485 cm³/mol. The molecule has 6 fully saturated rings. The molecule has 0 aliphatic heterocycles. The van der Waals surface area contributed by atoms with E-state index in [-0.39, 0.29) is 241 Å². The zero-order valence-corrected chi connectivity index (χ0v) is 81.7. The molecule has 2 amide bonds. The Morgan fingerprint density at radius 2 is 0.693 bits per heavy atom. The first-order valence-corrected chi connectivity index (χ1v) is 43.7. The Morgan fingerprint density at radius 1 is 0.394 bits per heavy atom. The third-order valence-corrected chi connectivity index (χ3v) is 22.6. The number of rotatable bonds is 35. The minimum absolute atomic E-state index is 0. The number of aliphatic carboxylic acids is 1. The summed E-state index contributed by atoms with van der Waals surface area (Å²) in [5, 5.41) is 31.7. The Kier molecular flexibility index (Phi) is 50.7. The zero-order chi connectivity index (χ0) is 96.2. The molecule has 8 N–H and O–H groups in total. The second-order valence-electron chi connectivity index (χ2n) is 32.1. The van der Waals surface area contributed by atoms with Gasteiger partial charge in [0, 0.05) is 75.7 Å². The molecule has 0 saturated heterocycles. The SMILES string of the molecule is CCOC(=O)C1CC1C=O.CCOC(=O)C1CC1CO.CCOC(=O)C1CC1COCc1ccccc1.COC(=O)c1c(F)cccc1-c1ccc(CN)c(F)c1.COC(=O)c1c(F)cccc1-c1ccc(CNC(=O)C2CC2CO)c(F)c1.COC(=O)c1c(F)cccc1-c1ccc(CNC(=O)C2CC2COCc2ccccc2)c(F)c1.O=C(O)C1CC1COCc1ccccc1.[B].[H-].[Na+].[Na+].[OH-]. The molecule has 0 spiro atoms. The topological polar surface area (TPSA) is 395 Å². The molecule has 15 rings (SSSR count). The number of aliphatic hydroxyl groups excluding tert-OH is 2. The molecule has 6 saturated carbocycles. The maximum Gasteiger partial charge on any atom is 1.00 e. The van der Waals surface area contributed by atoms with Gasteiger partial charge in [-0.2, -0.15) is 0 Å². The Hall–Kier alpha value is -10.8. The van der Waals surface area contributed by atoms with Crippen LogP contribution in [0.2, 0.25) is 0 Å². The number of carbonyl (C=O) groups excluding carboxylic acids is 9. The molecule has 9 aromatic rings. The Balaban J connectivity index is 0.000000347. The summed E-state index contributed by atoms with van der Waals surface area (Å²) in [6.07, 6.45) is 5.37. The van der Waals surface area contributed by atoms with Gasteiger partial charge in [-0.15, -0.1) is 0 Å². The van der Waals surface area contributed by atoms with Crippen LogP contribution in [0.5, 0.6) is 0 Å². The first kappa shape index (κ1) is 117. The third kappa shape index (κ3) is 36.2. The Morgan fingerprint density at radius 3 is 0.993 bits per heavy atom. The van der Waals surface area contributed by atoms with Gasteiger partial charge in [-0.3, -0.25) is 28.8 Å². The van der Waals surface area contributed by atoms with Crippen LogP contribution in [0.4, 0.5) is 26.3 Å². The molecule has 26 nitrogen and oxygen atoms in total. The number of benzene rings is 9. The fourth-order valence-electron chi connectivity index (χ4n) is 14.3. The van der Waals surface area contributed by atoms with Crippen LogP contribution in [-0.2, 0) is 116 Å². The van der Waals surface area contributed by atoms with Crippen LogP contribution in [-0.4, -0.2) is 163 Å². The standard InChI is InChI=1S/C27H25F2NO4.C20H19F2NO4.C15H13F2NO2.C14H18O3.C12H14O3.C7H12O3.C7H10O3.B.2Na.H2O.H/c1-33-27(32)25-21(8-5-9-23(25)28)18-10-11-19(24(29)13-18)14-30-26(31)22-12-20(22)16-34-15-17-6-3-2-4-7-17;1-27-20(26)18-14(3-2-4-16(18)21)11-5-6-12(17(22)8-11)9-23-19(25)15-7-13(15)10-24;1-20-15(19)14-11(3-2-4-12(14)16)9-5-6-10(8-18)13(17)7-9;1-2-17-14(15)13-8-12(13)10-16-9-11-6-4-3-5-7-11;13-12(14)11-6-10(11)8-15-7-9-4-2-1-3-5-9;2*1-2-10-7(9)6-3-5(6)4-8;;;;;/h2-11,13,20,22H,12,14-16H2,1H3,(H,30,31);2-6,8,13,15,24H,7,9-10H2,1H3,(H,23,25);2-7H,8,18H2,1H3;3-7,12-13H,2,8-10H2,1H3;1-5,10-11H,6-8H2,(H,13,14);5-6,8H,2-4H2,1H3;4-6H,2-3H2,1H3;;;;1H2;/q;;;;;;;;2*+1;;-1/p-1. The number of hydrogen-bond acceptors (Lipinski definition) is 23. The average Bonchev–Trinajstić information content (AvgIpc) is 1.71. The normalized spacial score (nSPS) is 18.9. The van der Waals surface area contributed by atoms with Crippen molar-refractivity contribution in [3.05, 3.63) is 285 Å². The number of amides is 2. The van der Waals surface area contributed by atoms with E-state index in [2.05, 4.69) is 24.8 Å². The van der Waals surface area contributed by atoms with E-state index >= 15 is 0 Å². The van der Waals surface area contributed by atoms with Gasteiger partial charge in [-0.25, -0.2) is 40.7 Å². The predicted octanol–water partition coefficient (Wildman–Crippen LogP) is 8.88. The van der Waals surface area contributed by atoms with Gasteiger partial charge in [0.1, 0.15) is 57.9 Å². The Bertz CT molecular complexity index is 5440. The Labute approximate surface area is 839 Å². The van der Waals surface area contributed by atoms with Crippen molar-refractivity contribution in [1.82, 2.24) is 10.6 Å². The molecule has 12 atom stereocenters. The van der Waals surface area contributed by atoms with Crippen molar-refractivity contribution in [2.75, 3.05) is 74.2 Å². The number of carboxylic acids is 1. The van der Waals surface area contributed by atoms with Crippen LogP contribution in [0.3, 0.4) is 0 Å². The molecule has 35 heteroatoms. The van der Waals surface area contributed by atoms with Crippen molar-refractivity contribution < 1.29 is 198 Å². The summed E-state index contributed by atoms with van der Waals surface area (Å²) in [6, 6.07) is 55.0. The molecule has 0 heterocycles. The molecule has 6 aliphatic rings. The van der Waals surface area contributed by atoms with Crippen LogP contribution in [0.15, 0.2) is 200 Å². The fourth-order valence-corrected chi connectivity index (χ4v) is 14.3. The molecule has 3 radical (unpaired) electrons. The molecule has 6 aliphatic carbocycles. The van der Waals surface area contributed by atoms with Gasteiger partial charge < -0.3 is 86.0 Å². The van der Waals surface area contributed by atoms with Gasteiger partial charge in [0.25, 0.3) is 0 Å². The van der Waals surface area contributed by atoms with Crippen molar-refractivity contribution in [2.24, 2.45) is 76.7 Å². The summed E-state index contributed by atoms with van der Waals surface area (Å²) in [4.78, 5) is 113. The largest absolute Gasteiger partial charge is 1.00 e. The number of aldehydes is 1. The average molecular weight is 1920 g/mol. The van der Waals surface area contributed by atoms with Gasteiger partial charge >= 0.3 is 101 Å². The van der Waals surface area contributed by atoms with Crippen LogP contribution in [0.1, 0.15) is 125 Å². The quantitative estimate of drug-likeness (QED) is 0.00709. The van der Waals surface area contributed by atoms with Gasteiger partial charge in [-0.05, 0) is 175 Å². The number of esters is 6. The number of halogens is 6. The van der Waals surface area contributed by atoms with Crippen molar-refractivity contribution in [3.8, 4) is 33.4 Å². The first-order valence-electron chi connectivity index (χ1n) is 43.7. The maximum absolute atomic E-state index is 14.7. The van der Waals surface area contributed by atoms with Gasteiger partial charge in [0.05, 0.1) is 104 Å². The smallest absolute Gasteiger partial charge is 1.00 e. The summed E-state index contributed by atoms with van der Waals surface area (Å²) in [6.45, 7) is 10.3. The molecule has 12 unspecified atom stereocenters. The van der Waals surface area contributed by atoms with E-state index in [1.165, 1.54) is 78.4 Å².